The molecule has 1 aliphatic rings. The van der Waals surface area contributed by atoms with Gasteiger partial charge in [-0.15, -0.1) is 11.3 Å². The van der Waals surface area contributed by atoms with Crippen molar-refractivity contribution < 1.29 is 4.79 Å². The van der Waals surface area contributed by atoms with Crippen LogP contribution in [0.5, 0.6) is 0 Å². The number of pyridine rings is 1. The number of hydrogen-bond donors (Lipinski definition) is 2. The molecular weight excluding hydrogens is 320 g/mol. The number of nitrogens with one attached hydrogen (secondary N) is 1. The molecule has 0 unspecified atom stereocenters. The van der Waals surface area contributed by atoms with E-state index in [9.17, 15) is 4.79 Å². The molecule has 128 valence electrons. The van der Waals surface area contributed by atoms with E-state index in [0.717, 1.165) is 38.3 Å². The average Bonchev–Trinajstić information content (AvgIpc) is 2.89. The third-order valence-corrected chi connectivity index (χ3v) is 5.37. The van der Waals surface area contributed by atoms with Gasteiger partial charge in [0.1, 0.15) is 0 Å². The molecule has 2 aromatic heterocycles. The number of nitrogens with zero attached hydrogens (tertiary/aromatic N) is 2. The van der Waals surface area contributed by atoms with Crippen molar-refractivity contribution in [2.24, 2.45) is 5.73 Å². The minimum atomic E-state index is -0.354. The zero-order chi connectivity index (χ0) is 16.8. The minimum Gasteiger partial charge on any atom is -0.366 e. The molecule has 6 heteroatoms. The second kappa shape index (κ2) is 8.37. The number of rotatable bonds is 6. The van der Waals surface area contributed by atoms with Gasteiger partial charge >= 0.3 is 0 Å². The lowest BCUT2D eigenvalue weighted by atomic mass is 10.1. The van der Waals surface area contributed by atoms with E-state index in [0.29, 0.717) is 11.6 Å². The number of primary amides is 1. The van der Waals surface area contributed by atoms with Crippen molar-refractivity contribution in [1.82, 2.24) is 15.2 Å². The van der Waals surface area contributed by atoms with E-state index in [1.807, 2.05) is 29.8 Å². The first-order chi connectivity index (χ1) is 11.7. The summed E-state index contributed by atoms with van der Waals surface area (Å²) in [6.07, 6.45) is 5.37. The van der Waals surface area contributed by atoms with Crippen LogP contribution in [-0.2, 0) is 13.1 Å². The van der Waals surface area contributed by atoms with Crippen molar-refractivity contribution in [2.75, 3.05) is 13.1 Å². The summed E-state index contributed by atoms with van der Waals surface area (Å²) < 4.78 is 0. The molecule has 0 aromatic carbocycles. The van der Waals surface area contributed by atoms with E-state index in [-0.39, 0.29) is 5.91 Å². The highest BCUT2D eigenvalue weighted by Crippen LogP contribution is 2.22. The maximum Gasteiger partial charge on any atom is 0.249 e. The first-order valence-corrected chi connectivity index (χ1v) is 9.32. The van der Waals surface area contributed by atoms with Gasteiger partial charge < -0.3 is 11.1 Å². The lowest BCUT2D eigenvalue weighted by Gasteiger charge is -2.30. The Bertz CT molecular complexity index is 650. The Labute approximate surface area is 146 Å². The fourth-order valence-corrected chi connectivity index (χ4v) is 4.07. The van der Waals surface area contributed by atoms with Gasteiger partial charge in [0.15, 0.2) is 0 Å². The van der Waals surface area contributed by atoms with Gasteiger partial charge in [-0.2, -0.15) is 0 Å². The molecule has 0 saturated carbocycles. The van der Waals surface area contributed by atoms with Crippen LogP contribution in [-0.4, -0.2) is 34.9 Å². The van der Waals surface area contributed by atoms with E-state index in [4.69, 9.17) is 5.73 Å². The van der Waals surface area contributed by atoms with Gasteiger partial charge in [-0.25, -0.2) is 0 Å². The van der Waals surface area contributed by atoms with Crippen molar-refractivity contribution in [1.29, 1.82) is 0 Å². The molecular formula is C18H24N4OS. The van der Waals surface area contributed by atoms with Gasteiger partial charge in [-0.1, -0.05) is 6.07 Å². The molecule has 1 saturated heterocycles. The van der Waals surface area contributed by atoms with Crippen LogP contribution in [0.25, 0.3) is 0 Å². The number of hydrogen-bond acceptors (Lipinski definition) is 5. The van der Waals surface area contributed by atoms with E-state index in [2.05, 4.69) is 21.3 Å². The Morgan fingerprint density at radius 2 is 2.25 bits per heavy atom. The lowest BCUT2D eigenvalue weighted by Crippen LogP contribution is -2.35. The van der Waals surface area contributed by atoms with E-state index < -0.39 is 0 Å². The topological polar surface area (TPSA) is 71.2 Å². The Balaban J connectivity index is 1.76. The fraction of sp³-hybridized carbons (Fsp3) is 0.444. The van der Waals surface area contributed by atoms with Crippen molar-refractivity contribution in [3.8, 4) is 0 Å². The molecule has 5 nitrogen and oxygen atoms in total. The molecule has 0 radical (unpaired) electrons. The molecule has 3 heterocycles. The predicted octanol–water partition coefficient (Wildman–Crippen LogP) is 2.39. The summed E-state index contributed by atoms with van der Waals surface area (Å²) in [6, 6.07) is 8.51. The largest absolute Gasteiger partial charge is 0.366 e. The Kier molecular flexibility index (Phi) is 5.96. The van der Waals surface area contributed by atoms with Crippen LogP contribution >= 0.6 is 11.3 Å². The third-order valence-electron chi connectivity index (χ3n) is 4.45. The summed E-state index contributed by atoms with van der Waals surface area (Å²) in [5.74, 6) is -0.354. The van der Waals surface area contributed by atoms with Crippen LogP contribution in [0.1, 0.15) is 40.2 Å². The first kappa shape index (κ1) is 17.1. The Morgan fingerprint density at radius 3 is 3.00 bits per heavy atom. The molecule has 3 N–H and O–H groups in total. The molecule has 0 spiro atoms. The number of nitrogens with two attached hydrogens (primary N) is 1. The van der Waals surface area contributed by atoms with Crippen LogP contribution < -0.4 is 11.1 Å². The number of aromatic nitrogens is 1. The Hall–Kier alpha value is -1.76. The van der Waals surface area contributed by atoms with Crippen molar-refractivity contribution >= 4 is 17.2 Å². The second-order valence-electron chi connectivity index (χ2n) is 6.23. The molecule has 2 aromatic rings. The van der Waals surface area contributed by atoms with E-state index in [1.54, 1.807) is 11.3 Å². The predicted molar refractivity (Wildman–Crippen MR) is 96.8 cm³/mol. The maximum absolute atomic E-state index is 11.3. The van der Waals surface area contributed by atoms with Crippen LogP contribution in [0.15, 0.2) is 35.8 Å². The van der Waals surface area contributed by atoms with E-state index in [1.165, 1.54) is 17.7 Å². The average molecular weight is 344 g/mol. The summed E-state index contributed by atoms with van der Waals surface area (Å²) in [7, 11) is 0. The molecule has 3 rings (SSSR count). The van der Waals surface area contributed by atoms with Crippen LogP contribution in [0, 0.1) is 0 Å². The van der Waals surface area contributed by atoms with E-state index >= 15 is 0 Å². The van der Waals surface area contributed by atoms with Gasteiger partial charge in [0.2, 0.25) is 5.91 Å². The fourth-order valence-electron chi connectivity index (χ4n) is 3.17. The quantitative estimate of drug-likeness (QED) is 0.844. The third kappa shape index (κ3) is 4.63. The van der Waals surface area contributed by atoms with Crippen LogP contribution in [0.2, 0.25) is 0 Å². The highest BCUT2D eigenvalue weighted by Gasteiger charge is 2.21. The first-order valence-electron chi connectivity index (χ1n) is 8.44. The molecule has 24 heavy (non-hydrogen) atoms. The lowest BCUT2D eigenvalue weighted by molar-refractivity contribution is 0.100. The molecule has 1 amide bonds. The standard InChI is InChI=1S/C18H24N4OS/c19-18(23)14-10-17(24-13-14)12-22(11-15-4-1-2-8-21-15)16-5-3-7-20-9-6-16/h1-2,4,8,10,13,16,20H,3,5-7,9,11-12H2,(H2,19,23)/t16-/m0/s1. The zero-order valence-electron chi connectivity index (χ0n) is 13.8. The van der Waals surface area contributed by atoms with Crippen LogP contribution in [0.4, 0.5) is 0 Å². The van der Waals surface area contributed by atoms with Gasteiger partial charge in [0, 0.05) is 35.6 Å². The zero-order valence-corrected chi connectivity index (χ0v) is 14.6. The summed E-state index contributed by atoms with van der Waals surface area (Å²) in [4.78, 5) is 19.5. The van der Waals surface area contributed by atoms with Crippen LogP contribution in [0.3, 0.4) is 0 Å². The number of carbonyl (C=O) groups excluding carboxylic acids is 1. The monoisotopic (exact) mass is 344 g/mol. The maximum atomic E-state index is 11.3. The smallest absolute Gasteiger partial charge is 0.249 e. The Morgan fingerprint density at radius 1 is 1.33 bits per heavy atom. The molecule has 1 aliphatic heterocycles. The molecule has 1 fully saturated rings. The molecule has 1 atom stereocenters. The molecule has 0 bridgehead atoms. The SMILES string of the molecule is NC(=O)c1csc(CN(Cc2ccccn2)[C@H]2CCCNCC2)c1. The second-order valence-corrected chi connectivity index (χ2v) is 7.22. The minimum absolute atomic E-state index is 0.354. The number of amides is 1. The van der Waals surface area contributed by atoms with Gasteiger partial charge in [-0.05, 0) is 50.6 Å². The van der Waals surface area contributed by atoms with Crippen molar-refractivity contribution in [3.63, 3.8) is 0 Å². The van der Waals surface area contributed by atoms with Crippen molar-refractivity contribution in [2.45, 2.75) is 38.4 Å². The summed E-state index contributed by atoms with van der Waals surface area (Å²) >= 11 is 1.61. The highest BCUT2D eigenvalue weighted by atomic mass is 32.1. The van der Waals surface area contributed by atoms with Gasteiger partial charge in [0.05, 0.1) is 11.3 Å². The van der Waals surface area contributed by atoms with Crippen molar-refractivity contribution in [3.05, 3.63) is 52.0 Å². The van der Waals surface area contributed by atoms with Gasteiger partial charge in [0.25, 0.3) is 0 Å². The summed E-state index contributed by atoms with van der Waals surface area (Å²) in [5, 5.41) is 5.33. The highest BCUT2D eigenvalue weighted by molar-refractivity contribution is 7.10. The van der Waals surface area contributed by atoms with Gasteiger partial charge in [-0.3, -0.25) is 14.7 Å². The summed E-state index contributed by atoms with van der Waals surface area (Å²) in [6.45, 7) is 3.81. The molecule has 0 aliphatic carbocycles. The number of carbonyl (C=O) groups is 1. The summed E-state index contributed by atoms with van der Waals surface area (Å²) in [5.41, 5.74) is 7.07. The normalized spacial score (nSPS) is 18.5. The number of thiophene rings is 1.